The van der Waals surface area contributed by atoms with Gasteiger partial charge in [-0.15, -0.1) is 0 Å². The number of H-pyrrole nitrogens is 2. The van der Waals surface area contributed by atoms with Crippen molar-refractivity contribution in [2.24, 2.45) is 0 Å². The summed E-state index contributed by atoms with van der Waals surface area (Å²) in [5.41, 5.74) is 0.245. The second-order valence-corrected chi connectivity index (χ2v) is 12.1. The van der Waals surface area contributed by atoms with E-state index in [9.17, 15) is 19.8 Å². The van der Waals surface area contributed by atoms with Gasteiger partial charge in [-0.3, -0.25) is 24.1 Å². The first kappa shape index (κ1) is 31.2. The van der Waals surface area contributed by atoms with Crippen LogP contribution in [-0.4, -0.2) is 44.4 Å². The highest BCUT2D eigenvalue weighted by Gasteiger charge is 2.31. The summed E-state index contributed by atoms with van der Waals surface area (Å²) in [6.07, 6.45) is 3.44. The molecular weight excluding hydrogens is 623 g/mol. The molecule has 0 saturated carbocycles. The van der Waals surface area contributed by atoms with E-state index < -0.39 is 28.8 Å². The van der Waals surface area contributed by atoms with Crippen LogP contribution in [0, 0.1) is 9.54 Å². The third-order valence-electron chi connectivity index (χ3n) is 8.47. The normalized spacial score (nSPS) is 14.2. The second-order valence-electron chi connectivity index (χ2n) is 11.3. The number of quaternary nitrogens is 1. The molecule has 46 heavy (non-hydrogen) atoms. The SMILES string of the molecule is COc1ccc(C(c2c([O-])n(-c3ccccc3)c(=S)[nH]c2=O)c2c(O)n(-c3ccccc3)c(=S)[nH]c2=O)cc1C[NH+]1CCCCC1. The maximum absolute atomic E-state index is 14.4. The van der Waals surface area contributed by atoms with Gasteiger partial charge in [-0.2, -0.15) is 0 Å². The predicted octanol–water partition coefficient (Wildman–Crippen LogP) is 3.64. The number of aromatic amines is 2. The van der Waals surface area contributed by atoms with Gasteiger partial charge in [-0.1, -0.05) is 42.5 Å². The second kappa shape index (κ2) is 13.3. The average Bonchev–Trinajstić information content (AvgIpc) is 3.05. The molecule has 1 saturated heterocycles. The number of para-hydroxylation sites is 2. The lowest BCUT2D eigenvalue weighted by Gasteiger charge is -2.28. The van der Waals surface area contributed by atoms with E-state index in [4.69, 9.17) is 29.2 Å². The molecule has 6 rings (SSSR count). The Kier molecular flexibility index (Phi) is 9.02. The molecule has 0 spiro atoms. The van der Waals surface area contributed by atoms with Crippen molar-refractivity contribution in [2.75, 3.05) is 20.2 Å². The van der Waals surface area contributed by atoms with Gasteiger partial charge in [-0.25, -0.2) is 0 Å². The molecule has 0 aliphatic carbocycles. The number of rotatable bonds is 8. The molecule has 3 heterocycles. The number of likely N-dealkylation sites (tertiary alicyclic amines) is 1. The first-order chi connectivity index (χ1) is 22.3. The van der Waals surface area contributed by atoms with E-state index >= 15 is 0 Å². The molecule has 0 bridgehead atoms. The maximum Gasteiger partial charge on any atom is 0.259 e. The minimum atomic E-state index is -1.31. The lowest BCUT2D eigenvalue weighted by atomic mass is 9.85. The molecule has 1 aliphatic rings. The van der Waals surface area contributed by atoms with Crippen molar-refractivity contribution in [3.05, 3.63) is 131 Å². The highest BCUT2D eigenvalue weighted by atomic mass is 32.1. The Morgan fingerprint density at radius 1 is 0.848 bits per heavy atom. The fraction of sp³-hybridized carbons (Fsp3) is 0.235. The fourth-order valence-corrected chi connectivity index (χ4v) is 6.87. The van der Waals surface area contributed by atoms with Gasteiger partial charge in [-0.05, 0) is 91.5 Å². The first-order valence-electron chi connectivity index (χ1n) is 15.0. The Hall–Kier alpha value is -4.78. The maximum atomic E-state index is 14.4. The monoisotopic (exact) mass is 655 g/mol. The zero-order valence-electron chi connectivity index (χ0n) is 25.1. The van der Waals surface area contributed by atoms with Crippen molar-refractivity contribution in [2.45, 2.75) is 31.7 Å². The summed E-state index contributed by atoms with van der Waals surface area (Å²) in [6.45, 7) is 2.67. The first-order valence-corrected chi connectivity index (χ1v) is 15.9. The molecule has 0 radical (unpaired) electrons. The van der Waals surface area contributed by atoms with Crippen LogP contribution < -0.4 is 25.9 Å². The zero-order valence-corrected chi connectivity index (χ0v) is 26.7. The minimum Gasteiger partial charge on any atom is -0.859 e. The molecule has 1 fully saturated rings. The number of methoxy groups -OCH3 is 1. The van der Waals surface area contributed by atoms with E-state index in [-0.39, 0.29) is 20.7 Å². The average molecular weight is 656 g/mol. The molecule has 3 aromatic carbocycles. The van der Waals surface area contributed by atoms with Gasteiger partial charge in [0.1, 0.15) is 12.3 Å². The molecule has 5 aromatic rings. The highest BCUT2D eigenvalue weighted by molar-refractivity contribution is 7.71. The van der Waals surface area contributed by atoms with Crippen LogP contribution in [0.4, 0.5) is 0 Å². The van der Waals surface area contributed by atoms with Gasteiger partial charge in [0.2, 0.25) is 5.88 Å². The molecule has 12 heteroatoms. The fourth-order valence-electron chi connectivity index (χ4n) is 6.30. The summed E-state index contributed by atoms with van der Waals surface area (Å²) in [7, 11) is 1.59. The van der Waals surface area contributed by atoms with Gasteiger partial charge in [0.05, 0.1) is 37.4 Å². The number of benzene rings is 3. The van der Waals surface area contributed by atoms with Crippen molar-refractivity contribution in [3.63, 3.8) is 0 Å². The van der Waals surface area contributed by atoms with E-state index in [1.54, 1.807) is 73.8 Å². The molecular formula is C34H33N5O5S2. The van der Waals surface area contributed by atoms with E-state index in [2.05, 4.69) is 9.97 Å². The van der Waals surface area contributed by atoms with Crippen LogP contribution in [0.3, 0.4) is 0 Å². The quantitative estimate of drug-likeness (QED) is 0.188. The number of ether oxygens (including phenoxy) is 1. The lowest BCUT2D eigenvalue weighted by molar-refractivity contribution is -0.918. The van der Waals surface area contributed by atoms with E-state index in [0.29, 0.717) is 29.2 Å². The van der Waals surface area contributed by atoms with Crippen LogP contribution in [0.2, 0.25) is 0 Å². The zero-order chi connectivity index (χ0) is 32.4. The Labute approximate surface area is 274 Å². The summed E-state index contributed by atoms with van der Waals surface area (Å²) in [4.78, 5) is 34.3. The third kappa shape index (κ3) is 5.94. The Morgan fingerprint density at radius 3 is 2.02 bits per heavy atom. The number of nitrogens with zero attached hydrogens (tertiary/aromatic N) is 2. The number of nitrogens with one attached hydrogen (secondary N) is 3. The predicted molar refractivity (Wildman–Crippen MR) is 178 cm³/mol. The summed E-state index contributed by atoms with van der Waals surface area (Å²) in [5.74, 6) is -1.86. The number of aromatic nitrogens is 4. The van der Waals surface area contributed by atoms with E-state index in [1.807, 2.05) is 12.1 Å². The van der Waals surface area contributed by atoms with Gasteiger partial charge >= 0.3 is 0 Å². The van der Waals surface area contributed by atoms with Crippen LogP contribution in [-0.2, 0) is 6.54 Å². The Morgan fingerprint density at radius 2 is 1.41 bits per heavy atom. The Balaban J connectivity index is 1.66. The molecule has 236 valence electrons. The molecule has 1 unspecified atom stereocenters. The van der Waals surface area contributed by atoms with Crippen molar-refractivity contribution < 1.29 is 19.8 Å². The van der Waals surface area contributed by atoms with Crippen molar-refractivity contribution in [1.29, 1.82) is 0 Å². The standard InChI is InChI=1S/C34H33N5O5S2/c1-44-25-16-15-21(19-22(25)20-37-17-9-4-10-18-37)26(27-29(40)35-33(45)38(31(27)42)23-11-5-2-6-12-23)28-30(41)36-34(46)39(32(28)43)24-13-7-3-8-14-24/h2-3,5-8,11-16,19,26,42-43H,4,9-10,17-18,20H2,1H3,(H,35,40,45)(H,36,41,46). The minimum absolute atomic E-state index is 0.0446. The number of hydrogen-bond donors (Lipinski definition) is 4. The van der Waals surface area contributed by atoms with Crippen LogP contribution in [0.1, 0.15) is 47.4 Å². The summed E-state index contributed by atoms with van der Waals surface area (Å²) >= 11 is 10.9. The highest BCUT2D eigenvalue weighted by Crippen LogP contribution is 2.39. The van der Waals surface area contributed by atoms with Crippen LogP contribution in [0.15, 0.2) is 88.5 Å². The molecule has 0 amide bonds. The summed E-state index contributed by atoms with van der Waals surface area (Å²) < 4.78 is 8.11. The third-order valence-corrected chi connectivity index (χ3v) is 9.04. The number of hydrogen-bond acceptors (Lipinski definition) is 7. The topological polar surface area (TPSA) is 133 Å². The Bertz CT molecular complexity index is 2000. The molecule has 1 aliphatic heterocycles. The van der Waals surface area contributed by atoms with Crippen molar-refractivity contribution >= 4 is 24.4 Å². The lowest BCUT2D eigenvalue weighted by Crippen LogP contribution is -3.11. The molecule has 10 nitrogen and oxygen atoms in total. The largest absolute Gasteiger partial charge is 0.859 e. The summed E-state index contributed by atoms with van der Waals surface area (Å²) in [6, 6.07) is 22.8. The van der Waals surface area contributed by atoms with Gasteiger partial charge in [0.15, 0.2) is 9.54 Å². The van der Waals surface area contributed by atoms with Crippen LogP contribution in [0.25, 0.3) is 11.4 Å². The van der Waals surface area contributed by atoms with Gasteiger partial charge < -0.3 is 24.4 Å². The molecule has 4 N–H and O–H groups in total. The van der Waals surface area contributed by atoms with Crippen LogP contribution in [0.5, 0.6) is 17.5 Å². The summed E-state index contributed by atoms with van der Waals surface area (Å²) in [5, 5.41) is 26.3. The van der Waals surface area contributed by atoms with E-state index in [1.165, 1.54) is 20.5 Å². The van der Waals surface area contributed by atoms with Gasteiger partial charge in [0, 0.05) is 16.8 Å². The number of piperidine rings is 1. The van der Waals surface area contributed by atoms with Crippen molar-refractivity contribution in [1.82, 2.24) is 19.1 Å². The van der Waals surface area contributed by atoms with Crippen LogP contribution >= 0.6 is 24.4 Å². The van der Waals surface area contributed by atoms with E-state index in [0.717, 1.165) is 31.5 Å². The number of aromatic hydroxyl groups is 1. The molecule has 2 aromatic heterocycles. The smallest absolute Gasteiger partial charge is 0.259 e. The molecule has 1 atom stereocenters. The van der Waals surface area contributed by atoms with Gasteiger partial charge in [0.25, 0.3) is 11.1 Å². The van der Waals surface area contributed by atoms with Crippen molar-refractivity contribution in [3.8, 4) is 28.9 Å².